The smallest absolute Gasteiger partial charge is 0.156 e. The molecule has 0 aliphatic rings. The molecule has 0 aliphatic heterocycles. The van der Waals surface area contributed by atoms with Crippen LogP contribution in [0.2, 0.25) is 0 Å². The minimum absolute atomic E-state index is 0.270. The maximum Gasteiger partial charge on any atom is 0.156 e. The van der Waals surface area contributed by atoms with Gasteiger partial charge in [0.2, 0.25) is 0 Å². The third-order valence-electron chi connectivity index (χ3n) is 2.18. The molecule has 0 bridgehead atoms. The summed E-state index contributed by atoms with van der Waals surface area (Å²) in [5, 5.41) is 7.61. The predicted octanol–water partition coefficient (Wildman–Crippen LogP) is 2.20. The van der Waals surface area contributed by atoms with Crippen molar-refractivity contribution in [2.45, 2.75) is 0 Å². The summed E-state index contributed by atoms with van der Waals surface area (Å²) in [6.45, 7) is 0. The van der Waals surface area contributed by atoms with E-state index in [1.165, 1.54) is 22.9 Å². The number of hydrogen-bond donors (Lipinski definition) is 0. The molecular formula is C10H7BrFN3O. The molecule has 0 saturated heterocycles. The minimum Gasteiger partial charge on any atom is -0.298 e. The van der Waals surface area contributed by atoms with E-state index in [4.69, 9.17) is 0 Å². The van der Waals surface area contributed by atoms with Gasteiger partial charge in [0.1, 0.15) is 11.5 Å². The van der Waals surface area contributed by atoms with E-state index in [1.54, 1.807) is 7.05 Å². The Kier molecular flexibility index (Phi) is 2.82. The average Bonchev–Trinajstić information content (AvgIpc) is 2.59. The van der Waals surface area contributed by atoms with Crippen molar-refractivity contribution in [3.05, 3.63) is 34.2 Å². The van der Waals surface area contributed by atoms with Crippen molar-refractivity contribution >= 4 is 22.2 Å². The van der Waals surface area contributed by atoms with Crippen LogP contribution in [0.1, 0.15) is 10.4 Å². The second-order valence-corrected chi connectivity index (χ2v) is 3.95. The Bertz CT molecular complexity index is 533. The molecule has 1 aromatic heterocycles. The molecule has 0 atom stereocenters. The van der Waals surface area contributed by atoms with Crippen LogP contribution in [-0.4, -0.2) is 21.3 Å². The third kappa shape index (κ3) is 1.76. The molecule has 0 radical (unpaired) electrons. The number of carbonyl (C=O) groups excluding carboxylic acids is 1. The fourth-order valence-corrected chi connectivity index (χ4v) is 2.01. The van der Waals surface area contributed by atoms with Gasteiger partial charge in [-0.2, -0.15) is 0 Å². The van der Waals surface area contributed by atoms with E-state index in [2.05, 4.69) is 26.2 Å². The number of nitrogens with zero attached hydrogens (tertiary/aromatic N) is 3. The summed E-state index contributed by atoms with van der Waals surface area (Å²) in [4.78, 5) is 10.9. The van der Waals surface area contributed by atoms with Gasteiger partial charge in [-0.05, 0) is 34.1 Å². The van der Waals surface area contributed by atoms with E-state index < -0.39 is 5.82 Å². The van der Waals surface area contributed by atoms with Crippen LogP contribution in [0.4, 0.5) is 4.39 Å². The van der Waals surface area contributed by atoms with Crippen molar-refractivity contribution in [3.63, 3.8) is 0 Å². The van der Waals surface area contributed by atoms with Crippen LogP contribution in [-0.2, 0) is 7.05 Å². The van der Waals surface area contributed by atoms with E-state index in [9.17, 15) is 9.18 Å². The summed E-state index contributed by atoms with van der Waals surface area (Å²) >= 11 is 3.23. The maximum absolute atomic E-state index is 13.0. The van der Waals surface area contributed by atoms with Gasteiger partial charge in [0, 0.05) is 18.2 Å². The number of aryl methyl sites for hydroxylation is 1. The Labute approximate surface area is 99.2 Å². The maximum atomic E-state index is 13.0. The van der Waals surface area contributed by atoms with Crippen molar-refractivity contribution in [2.24, 2.45) is 7.05 Å². The van der Waals surface area contributed by atoms with E-state index in [1.807, 2.05) is 0 Å². The number of halogens is 2. The largest absolute Gasteiger partial charge is 0.298 e. The first-order valence-electron chi connectivity index (χ1n) is 4.43. The van der Waals surface area contributed by atoms with Crippen molar-refractivity contribution in [3.8, 4) is 11.3 Å². The average molecular weight is 284 g/mol. The van der Waals surface area contributed by atoms with Gasteiger partial charge in [0.25, 0.3) is 0 Å². The summed E-state index contributed by atoms with van der Waals surface area (Å²) in [5.41, 5.74) is 1.50. The summed E-state index contributed by atoms with van der Waals surface area (Å²) < 4.78 is 15.0. The fraction of sp³-hybridized carbons (Fsp3) is 0.100. The van der Waals surface area contributed by atoms with Crippen LogP contribution in [0.15, 0.2) is 22.8 Å². The molecule has 82 valence electrons. The normalized spacial score (nSPS) is 10.4. The lowest BCUT2D eigenvalue weighted by atomic mass is 10.1. The molecule has 2 rings (SSSR count). The summed E-state index contributed by atoms with van der Waals surface area (Å²) in [5.74, 6) is -0.447. The number of hydrogen-bond acceptors (Lipinski definition) is 3. The Morgan fingerprint density at radius 1 is 1.50 bits per heavy atom. The van der Waals surface area contributed by atoms with Gasteiger partial charge in [-0.25, -0.2) is 9.07 Å². The highest BCUT2D eigenvalue weighted by Crippen LogP contribution is 2.28. The van der Waals surface area contributed by atoms with Crippen LogP contribution < -0.4 is 0 Å². The second-order valence-electron chi connectivity index (χ2n) is 3.20. The Morgan fingerprint density at radius 2 is 2.25 bits per heavy atom. The number of aldehydes is 1. The Morgan fingerprint density at radius 3 is 2.81 bits per heavy atom. The monoisotopic (exact) mass is 283 g/mol. The first kappa shape index (κ1) is 10.9. The van der Waals surface area contributed by atoms with E-state index in [-0.39, 0.29) is 5.56 Å². The molecule has 0 fully saturated rings. The minimum atomic E-state index is -0.447. The highest BCUT2D eigenvalue weighted by atomic mass is 79.9. The van der Waals surface area contributed by atoms with Gasteiger partial charge in [-0.3, -0.25) is 4.79 Å². The van der Waals surface area contributed by atoms with Crippen molar-refractivity contribution in [1.29, 1.82) is 0 Å². The number of rotatable bonds is 2. The Balaban J connectivity index is 2.69. The molecule has 16 heavy (non-hydrogen) atoms. The van der Waals surface area contributed by atoms with Crippen molar-refractivity contribution in [2.75, 3.05) is 0 Å². The molecule has 0 N–H and O–H groups in total. The number of benzene rings is 1. The van der Waals surface area contributed by atoms with Crippen LogP contribution in [0.3, 0.4) is 0 Å². The van der Waals surface area contributed by atoms with Crippen LogP contribution >= 0.6 is 15.9 Å². The first-order valence-corrected chi connectivity index (χ1v) is 5.23. The quantitative estimate of drug-likeness (QED) is 0.794. The first-order chi connectivity index (χ1) is 7.63. The number of aromatic nitrogens is 3. The standard InChI is InChI=1S/C10H7BrFN3O/c1-15-9(10(11)13-14-15)8-3-2-7(12)4-6(8)5-16/h2-5H,1H3. The highest BCUT2D eigenvalue weighted by Gasteiger charge is 2.14. The lowest BCUT2D eigenvalue weighted by Gasteiger charge is -2.04. The topological polar surface area (TPSA) is 47.8 Å². The number of carbonyl (C=O) groups is 1. The zero-order valence-corrected chi connectivity index (χ0v) is 9.90. The molecule has 0 unspecified atom stereocenters. The SMILES string of the molecule is Cn1nnc(Br)c1-c1ccc(F)cc1C=O. The summed E-state index contributed by atoms with van der Waals surface area (Å²) in [6.07, 6.45) is 0.609. The molecule has 0 aliphatic carbocycles. The van der Waals surface area contributed by atoms with Gasteiger partial charge >= 0.3 is 0 Å². The Hall–Kier alpha value is -1.56. The van der Waals surface area contributed by atoms with Gasteiger partial charge in [0.05, 0.1) is 0 Å². The zero-order valence-electron chi connectivity index (χ0n) is 8.32. The summed E-state index contributed by atoms with van der Waals surface area (Å²) in [7, 11) is 1.70. The molecule has 0 saturated carbocycles. The van der Waals surface area contributed by atoms with E-state index in [0.717, 1.165) is 0 Å². The van der Waals surface area contributed by atoms with Crippen LogP contribution in [0, 0.1) is 5.82 Å². The molecule has 6 heteroatoms. The molecule has 1 heterocycles. The van der Waals surface area contributed by atoms with Gasteiger partial charge in [-0.15, -0.1) is 5.10 Å². The lowest BCUT2D eigenvalue weighted by molar-refractivity contribution is 0.112. The predicted molar refractivity (Wildman–Crippen MR) is 59.5 cm³/mol. The zero-order chi connectivity index (χ0) is 11.7. The fourth-order valence-electron chi connectivity index (χ4n) is 1.46. The molecule has 1 aromatic carbocycles. The molecular weight excluding hydrogens is 277 g/mol. The highest BCUT2D eigenvalue weighted by molar-refractivity contribution is 9.10. The molecule has 4 nitrogen and oxygen atoms in total. The van der Waals surface area contributed by atoms with Gasteiger partial charge in [-0.1, -0.05) is 5.21 Å². The van der Waals surface area contributed by atoms with E-state index >= 15 is 0 Å². The molecule has 0 amide bonds. The van der Waals surface area contributed by atoms with Gasteiger partial charge in [0.15, 0.2) is 10.9 Å². The molecule has 0 spiro atoms. The van der Waals surface area contributed by atoms with Crippen molar-refractivity contribution in [1.82, 2.24) is 15.0 Å². The second kappa shape index (κ2) is 4.13. The van der Waals surface area contributed by atoms with Gasteiger partial charge < -0.3 is 0 Å². The third-order valence-corrected chi connectivity index (χ3v) is 2.72. The molecule has 2 aromatic rings. The van der Waals surface area contributed by atoms with Crippen LogP contribution in [0.5, 0.6) is 0 Å². The van der Waals surface area contributed by atoms with Crippen molar-refractivity contribution < 1.29 is 9.18 Å². The van der Waals surface area contributed by atoms with E-state index in [0.29, 0.717) is 22.1 Å². The van der Waals surface area contributed by atoms with Crippen LogP contribution in [0.25, 0.3) is 11.3 Å². The summed E-state index contributed by atoms with van der Waals surface area (Å²) in [6, 6.07) is 4.01. The lowest BCUT2D eigenvalue weighted by Crippen LogP contribution is -1.97.